The summed E-state index contributed by atoms with van der Waals surface area (Å²) in [5, 5.41) is 10.9. The van der Waals surface area contributed by atoms with Gasteiger partial charge in [-0.25, -0.2) is 9.67 Å². The average Bonchev–Trinajstić information content (AvgIpc) is 3.31. The number of nitrogens with one attached hydrogen (secondary N) is 1. The minimum absolute atomic E-state index is 0.101. The first kappa shape index (κ1) is 18.0. The van der Waals surface area contributed by atoms with Crippen molar-refractivity contribution in [3.8, 4) is 5.69 Å². The lowest BCUT2D eigenvalue weighted by Crippen LogP contribution is -2.12. The van der Waals surface area contributed by atoms with E-state index in [1.807, 2.05) is 43.5 Å². The van der Waals surface area contributed by atoms with Crippen molar-refractivity contribution in [1.29, 1.82) is 0 Å². The molecule has 4 rings (SSSR count). The first-order valence-corrected chi connectivity index (χ1v) is 8.49. The van der Waals surface area contributed by atoms with Crippen LogP contribution in [-0.2, 0) is 6.18 Å². The number of hydrogen-bond donors (Lipinski definition) is 1. The molecule has 28 heavy (non-hydrogen) atoms. The summed E-state index contributed by atoms with van der Waals surface area (Å²) in [7, 11) is 0. The van der Waals surface area contributed by atoms with Crippen molar-refractivity contribution in [2.24, 2.45) is 0 Å². The summed E-state index contributed by atoms with van der Waals surface area (Å²) in [6.07, 6.45) is -1.09. The molecule has 0 aliphatic heterocycles. The van der Waals surface area contributed by atoms with E-state index in [2.05, 4.69) is 25.5 Å². The van der Waals surface area contributed by atoms with Crippen LogP contribution in [-0.4, -0.2) is 29.4 Å². The van der Waals surface area contributed by atoms with E-state index in [0.29, 0.717) is 11.5 Å². The number of aromatic nitrogens is 6. The topological polar surface area (TPSA) is 72.9 Å². The SMILES string of the molecule is Cc1cc(NC(C)c2ccc(-n3cccn3)cc2)n2nc(C(F)(F)F)nc2n1. The molecule has 144 valence electrons. The third-order valence-corrected chi connectivity index (χ3v) is 4.22. The van der Waals surface area contributed by atoms with Gasteiger partial charge < -0.3 is 5.32 Å². The second kappa shape index (κ2) is 6.63. The molecule has 10 heteroatoms. The van der Waals surface area contributed by atoms with Crippen molar-refractivity contribution >= 4 is 11.6 Å². The number of nitrogens with zero attached hydrogens (tertiary/aromatic N) is 6. The summed E-state index contributed by atoms with van der Waals surface area (Å²) >= 11 is 0. The summed E-state index contributed by atoms with van der Waals surface area (Å²) in [6.45, 7) is 3.60. The van der Waals surface area contributed by atoms with Crippen LogP contribution in [0.3, 0.4) is 0 Å². The number of benzene rings is 1. The van der Waals surface area contributed by atoms with E-state index < -0.39 is 12.0 Å². The van der Waals surface area contributed by atoms with Gasteiger partial charge in [-0.1, -0.05) is 12.1 Å². The van der Waals surface area contributed by atoms with Crippen LogP contribution in [0.15, 0.2) is 48.8 Å². The van der Waals surface area contributed by atoms with E-state index in [0.717, 1.165) is 15.8 Å². The van der Waals surface area contributed by atoms with E-state index in [4.69, 9.17) is 0 Å². The number of fused-ring (bicyclic) bond motifs is 1. The van der Waals surface area contributed by atoms with Gasteiger partial charge in [-0.15, -0.1) is 5.10 Å². The molecule has 0 spiro atoms. The van der Waals surface area contributed by atoms with Gasteiger partial charge in [0, 0.05) is 30.2 Å². The fourth-order valence-corrected chi connectivity index (χ4v) is 2.85. The second-order valence-corrected chi connectivity index (χ2v) is 6.34. The highest BCUT2D eigenvalue weighted by atomic mass is 19.4. The van der Waals surface area contributed by atoms with Crippen LogP contribution in [0.5, 0.6) is 0 Å². The second-order valence-electron chi connectivity index (χ2n) is 6.34. The van der Waals surface area contributed by atoms with Crippen LogP contribution in [0.2, 0.25) is 0 Å². The van der Waals surface area contributed by atoms with Crippen molar-refractivity contribution in [3.05, 3.63) is 65.9 Å². The maximum Gasteiger partial charge on any atom is 0.453 e. The Morgan fingerprint density at radius 3 is 2.50 bits per heavy atom. The molecule has 1 atom stereocenters. The molecule has 0 bridgehead atoms. The third kappa shape index (κ3) is 3.40. The van der Waals surface area contributed by atoms with Gasteiger partial charge in [0.15, 0.2) is 0 Å². The fourth-order valence-electron chi connectivity index (χ4n) is 2.85. The molecule has 7 nitrogen and oxygen atoms in total. The molecule has 0 amide bonds. The minimum Gasteiger partial charge on any atom is -0.363 e. The molecule has 3 heterocycles. The molecule has 0 aliphatic carbocycles. The van der Waals surface area contributed by atoms with Crippen molar-refractivity contribution in [1.82, 2.24) is 29.4 Å². The zero-order valence-electron chi connectivity index (χ0n) is 15.0. The molecule has 1 N–H and O–H groups in total. The summed E-state index contributed by atoms with van der Waals surface area (Å²) in [4.78, 5) is 7.52. The number of halogens is 3. The number of alkyl halides is 3. The Morgan fingerprint density at radius 1 is 1.11 bits per heavy atom. The molecule has 0 aliphatic rings. The highest BCUT2D eigenvalue weighted by Gasteiger charge is 2.36. The summed E-state index contributed by atoms with van der Waals surface area (Å²) < 4.78 is 41.7. The van der Waals surface area contributed by atoms with E-state index in [1.54, 1.807) is 23.9 Å². The molecule has 0 saturated heterocycles. The smallest absolute Gasteiger partial charge is 0.363 e. The lowest BCUT2D eigenvalue weighted by Gasteiger charge is -2.17. The maximum atomic E-state index is 12.9. The largest absolute Gasteiger partial charge is 0.453 e. The first-order chi connectivity index (χ1) is 13.3. The lowest BCUT2D eigenvalue weighted by atomic mass is 10.1. The lowest BCUT2D eigenvalue weighted by molar-refractivity contribution is -0.144. The van der Waals surface area contributed by atoms with E-state index >= 15 is 0 Å². The van der Waals surface area contributed by atoms with Crippen LogP contribution in [0.1, 0.15) is 30.0 Å². The van der Waals surface area contributed by atoms with Crippen LogP contribution in [0.4, 0.5) is 19.0 Å². The van der Waals surface area contributed by atoms with Crippen molar-refractivity contribution < 1.29 is 13.2 Å². The molecule has 0 fully saturated rings. The van der Waals surface area contributed by atoms with Crippen LogP contribution in [0.25, 0.3) is 11.5 Å². The van der Waals surface area contributed by atoms with Gasteiger partial charge in [-0.3, -0.25) is 0 Å². The Bertz CT molecular complexity index is 1100. The van der Waals surface area contributed by atoms with Gasteiger partial charge >= 0.3 is 6.18 Å². The van der Waals surface area contributed by atoms with Gasteiger partial charge in [0.25, 0.3) is 11.6 Å². The zero-order valence-corrected chi connectivity index (χ0v) is 15.0. The van der Waals surface area contributed by atoms with Crippen LogP contribution in [0, 0.1) is 6.92 Å². The summed E-state index contributed by atoms with van der Waals surface area (Å²) in [5.41, 5.74) is 2.40. The Labute approximate surface area is 157 Å². The molecule has 1 unspecified atom stereocenters. The summed E-state index contributed by atoms with van der Waals surface area (Å²) in [5.74, 6) is -0.935. The number of hydrogen-bond acceptors (Lipinski definition) is 5. The quantitative estimate of drug-likeness (QED) is 0.577. The van der Waals surface area contributed by atoms with E-state index in [-0.39, 0.29) is 11.8 Å². The molecular formula is C18H16F3N7. The molecule has 0 saturated carbocycles. The van der Waals surface area contributed by atoms with E-state index in [9.17, 15) is 13.2 Å². The van der Waals surface area contributed by atoms with Gasteiger partial charge in [-0.05, 0) is 37.6 Å². The van der Waals surface area contributed by atoms with Crippen molar-refractivity contribution in [3.63, 3.8) is 0 Å². The molecule has 0 radical (unpaired) electrons. The minimum atomic E-state index is -4.63. The average molecular weight is 387 g/mol. The van der Waals surface area contributed by atoms with Gasteiger partial charge in [0.1, 0.15) is 5.82 Å². The monoisotopic (exact) mass is 387 g/mol. The van der Waals surface area contributed by atoms with Crippen LogP contribution >= 0.6 is 0 Å². The molecular weight excluding hydrogens is 371 g/mol. The normalized spacial score (nSPS) is 13.0. The third-order valence-electron chi connectivity index (χ3n) is 4.22. The maximum absolute atomic E-state index is 12.9. The summed E-state index contributed by atoms with van der Waals surface area (Å²) in [6, 6.07) is 11.0. The van der Waals surface area contributed by atoms with Gasteiger partial charge in [0.05, 0.1) is 5.69 Å². The standard InChI is InChI=1S/C18H16F3N7/c1-11-10-15(28-17(23-11)25-16(26-28)18(19,20)21)24-12(2)13-4-6-14(7-5-13)27-9-3-8-22-27/h3-10,12,24H,1-2H3. The Kier molecular flexibility index (Phi) is 4.25. The Morgan fingerprint density at radius 2 is 1.86 bits per heavy atom. The molecule has 3 aromatic heterocycles. The number of aryl methyl sites for hydroxylation is 1. The number of anilines is 1. The van der Waals surface area contributed by atoms with Gasteiger partial charge in [0.2, 0.25) is 0 Å². The van der Waals surface area contributed by atoms with Gasteiger partial charge in [-0.2, -0.15) is 27.8 Å². The predicted octanol–water partition coefficient (Wildman–Crippen LogP) is 3.81. The Hall–Kier alpha value is -3.43. The molecule has 1 aromatic carbocycles. The highest BCUT2D eigenvalue weighted by Crippen LogP contribution is 2.28. The predicted molar refractivity (Wildman–Crippen MR) is 96.1 cm³/mol. The first-order valence-electron chi connectivity index (χ1n) is 8.49. The number of rotatable bonds is 4. The highest BCUT2D eigenvalue weighted by molar-refractivity contribution is 5.47. The van der Waals surface area contributed by atoms with Crippen molar-refractivity contribution in [2.75, 3.05) is 5.32 Å². The fraction of sp³-hybridized carbons (Fsp3) is 0.222. The molecule has 4 aromatic rings. The van der Waals surface area contributed by atoms with E-state index in [1.165, 1.54) is 0 Å². The zero-order chi connectivity index (χ0) is 19.9. The van der Waals surface area contributed by atoms with Crippen molar-refractivity contribution in [2.45, 2.75) is 26.1 Å². The Balaban J connectivity index is 1.63. The van der Waals surface area contributed by atoms with Crippen LogP contribution < -0.4 is 5.32 Å².